The molecule has 0 aliphatic carbocycles. The largest absolute Gasteiger partial charge is 0.465 e. The molecule has 2 amide bonds. The Kier molecular flexibility index (Phi) is 5.63. The lowest BCUT2D eigenvalue weighted by Gasteiger charge is -2.32. The van der Waals surface area contributed by atoms with Gasteiger partial charge < -0.3 is 4.74 Å². The fraction of sp³-hybridized carbons (Fsp3) is 0.550. The first kappa shape index (κ1) is 19.9. The molecule has 7 heteroatoms. The minimum absolute atomic E-state index is 0.228. The van der Waals surface area contributed by atoms with E-state index in [1.165, 1.54) is 11.9 Å². The van der Waals surface area contributed by atoms with Gasteiger partial charge in [-0.2, -0.15) is 11.8 Å². The van der Waals surface area contributed by atoms with Gasteiger partial charge in [0, 0.05) is 13.1 Å². The first-order chi connectivity index (χ1) is 12.9. The number of ether oxygens (including phenoxy) is 1. The number of amides is 2. The molecule has 4 atom stereocenters. The zero-order valence-corrected chi connectivity index (χ0v) is 17.0. The zero-order valence-electron chi connectivity index (χ0n) is 16.2. The minimum Gasteiger partial charge on any atom is -0.465 e. The van der Waals surface area contributed by atoms with Gasteiger partial charge in [-0.15, -0.1) is 0 Å². The summed E-state index contributed by atoms with van der Waals surface area (Å²) in [5.41, 5.74) is 0.792. The third kappa shape index (κ3) is 3.17. The molecule has 0 aromatic heterocycles. The molecule has 0 bridgehead atoms. The van der Waals surface area contributed by atoms with E-state index in [1.54, 1.807) is 18.7 Å². The molecule has 1 aromatic carbocycles. The first-order valence-corrected chi connectivity index (χ1v) is 10.6. The number of nitrogens with zero attached hydrogens (tertiary/aromatic N) is 1. The molecule has 2 fully saturated rings. The molecular formula is C20H26N2O4S. The van der Waals surface area contributed by atoms with Crippen LogP contribution in [-0.4, -0.2) is 53.9 Å². The number of hydrogen-bond donors (Lipinski definition) is 1. The van der Waals surface area contributed by atoms with Crippen molar-refractivity contribution in [2.75, 3.05) is 25.7 Å². The van der Waals surface area contributed by atoms with Crippen LogP contribution in [0.5, 0.6) is 0 Å². The Labute approximate surface area is 164 Å². The van der Waals surface area contributed by atoms with Crippen molar-refractivity contribution in [1.82, 2.24) is 10.2 Å². The van der Waals surface area contributed by atoms with Crippen molar-refractivity contribution >= 4 is 29.5 Å². The number of thioether (sulfide) groups is 1. The maximum Gasteiger partial charge on any atom is 0.327 e. The maximum atomic E-state index is 13.0. The molecule has 6 nitrogen and oxygen atoms in total. The Hall–Kier alpha value is -1.86. The average molecular weight is 391 g/mol. The summed E-state index contributed by atoms with van der Waals surface area (Å²) in [6.07, 6.45) is 2.39. The van der Waals surface area contributed by atoms with E-state index in [1.807, 2.05) is 37.4 Å². The molecule has 2 saturated heterocycles. The Morgan fingerprint density at radius 2 is 2.07 bits per heavy atom. The van der Waals surface area contributed by atoms with Crippen LogP contribution in [0.2, 0.25) is 0 Å². The summed E-state index contributed by atoms with van der Waals surface area (Å²) in [7, 11) is 1.50. The third-order valence-corrected chi connectivity index (χ3v) is 6.23. The number of benzene rings is 1. The van der Waals surface area contributed by atoms with E-state index >= 15 is 0 Å². The van der Waals surface area contributed by atoms with E-state index in [4.69, 9.17) is 4.74 Å². The van der Waals surface area contributed by atoms with Gasteiger partial charge in [-0.25, -0.2) is 0 Å². The van der Waals surface area contributed by atoms with Crippen LogP contribution in [0.1, 0.15) is 30.5 Å². The number of esters is 1. The van der Waals surface area contributed by atoms with E-state index in [0.29, 0.717) is 12.2 Å². The van der Waals surface area contributed by atoms with Gasteiger partial charge in [-0.3, -0.25) is 24.6 Å². The van der Waals surface area contributed by atoms with Gasteiger partial charge in [-0.1, -0.05) is 29.8 Å². The topological polar surface area (TPSA) is 75.7 Å². The van der Waals surface area contributed by atoms with Crippen molar-refractivity contribution in [2.45, 2.75) is 31.8 Å². The highest BCUT2D eigenvalue weighted by atomic mass is 32.2. The predicted octanol–water partition coefficient (Wildman–Crippen LogP) is 1.93. The van der Waals surface area contributed by atoms with E-state index < -0.39 is 29.4 Å². The van der Waals surface area contributed by atoms with Crippen LogP contribution in [0.15, 0.2) is 24.3 Å². The number of fused-ring (bicyclic) bond motifs is 1. The van der Waals surface area contributed by atoms with Crippen LogP contribution < -0.4 is 5.32 Å². The van der Waals surface area contributed by atoms with Gasteiger partial charge >= 0.3 is 5.97 Å². The SMILES string of the molecule is CCOC(=O)[C@]1(CCSC)N[C@@H](c2cccc(C)c2)[C@H]2C(=O)N(C)C(=O)[C@H]21. The highest BCUT2D eigenvalue weighted by molar-refractivity contribution is 7.98. The lowest BCUT2D eigenvalue weighted by molar-refractivity contribution is -0.156. The van der Waals surface area contributed by atoms with Crippen LogP contribution in [0.4, 0.5) is 0 Å². The van der Waals surface area contributed by atoms with E-state index in [2.05, 4.69) is 5.32 Å². The first-order valence-electron chi connectivity index (χ1n) is 9.19. The van der Waals surface area contributed by atoms with Crippen molar-refractivity contribution < 1.29 is 19.1 Å². The van der Waals surface area contributed by atoms with E-state index in [9.17, 15) is 14.4 Å². The number of carbonyl (C=O) groups excluding carboxylic acids is 3. The average Bonchev–Trinajstić information content (AvgIpc) is 3.11. The number of rotatable bonds is 6. The van der Waals surface area contributed by atoms with Crippen molar-refractivity contribution in [3.8, 4) is 0 Å². The fourth-order valence-electron chi connectivity index (χ4n) is 4.34. The summed E-state index contributed by atoms with van der Waals surface area (Å²) in [4.78, 5) is 40.1. The maximum absolute atomic E-state index is 13.0. The highest BCUT2D eigenvalue weighted by Gasteiger charge is 2.67. The summed E-state index contributed by atoms with van der Waals surface area (Å²) in [5.74, 6) is -1.65. The standard InChI is InChI=1S/C20H26N2O4S/c1-5-26-19(25)20(9-10-27-4)15-14(17(23)22(3)18(15)24)16(21-20)13-8-6-7-12(2)11-13/h6-8,11,14-16,21H,5,9-10H2,1-4H3/t14-,15-,16-,20+/m0/s1. The summed E-state index contributed by atoms with van der Waals surface area (Å²) in [6.45, 7) is 3.96. The molecular weight excluding hydrogens is 364 g/mol. The zero-order chi connectivity index (χ0) is 19.8. The molecule has 1 aromatic rings. The molecule has 1 N–H and O–H groups in total. The van der Waals surface area contributed by atoms with Gasteiger partial charge in [0.05, 0.1) is 18.4 Å². The van der Waals surface area contributed by atoms with Crippen LogP contribution in [0.3, 0.4) is 0 Å². The molecule has 0 radical (unpaired) electrons. The Bertz CT molecular complexity index is 768. The second kappa shape index (κ2) is 7.64. The van der Waals surface area contributed by atoms with Crippen LogP contribution in [0, 0.1) is 18.8 Å². The van der Waals surface area contributed by atoms with Crippen LogP contribution >= 0.6 is 11.8 Å². The van der Waals surface area contributed by atoms with Crippen molar-refractivity contribution in [1.29, 1.82) is 0 Å². The lowest BCUT2D eigenvalue weighted by atomic mass is 9.77. The second-order valence-corrected chi connectivity index (χ2v) is 8.20. The number of imide groups is 1. The predicted molar refractivity (Wildman–Crippen MR) is 104 cm³/mol. The van der Waals surface area contributed by atoms with Crippen molar-refractivity contribution in [3.05, 3.63) is 35.4 Å². The van der Waals surface area contributed by atoms with Gasteiger partial charge in [0.2, 0.25) is 11.8 Å². The van der Waals surface area contributed by atoms with Gasteiger partial charge in [0.25, 0.3) is 0 Å². The third-order valence-electron chi connectivity index (χ3n) is 5.62. The molecule has 146 valence electrons. The van der Waals surface area contributed by atoms with E-state index in [0.717, 1.165) is 11.1 Å². The number of carbonyl (C=O) groups is 3. The summed E-state index contributed by atoms with van der Waals surface area (Å²) >= 11 is 1.60. The highest BCUT2D eigenvalue weighted by Crippen LogP contribution is 2.50. The molecule has 27 heavy (non-hydrogen) atoms. The summed E-state index contributed by atoms with van der Waals surface area (Å²) in [5, 5.41) is 3.39. The van der Waals surface area contributed by atoms with Crippen molar-refractivity contribution in [2.24, 2.45) is 11.8 Å². The molecule has 2 heterocycles. The monoisotopic (exact) mass is 390 g/mol. The number of aryl methyl sites for hydroxylation is 1. The minimum atomic E-state index is -1.18. The van der Waals surface area contributed by atoms with Gasteiger partial charge in [0.15, 0.2) is 0 Å². The Morgan fingerprint density at radius 3 is 2.70 bits per heavy atom. The summed E-state index contributed by atoms with van der Waals surface area (Å²) in [6, 6.07) is 7.45. The summed E-state index contributed by atoms with van der Waals surface area (Å²) < 4.78 is 5.37. The number of likely N-dealkylation sites (tertiary alicyclic amines) is 1. The van der Waals surface area contributed by atoms with Gasteiger partial charge in [0.1, 0.15) is 5.54 Å². The number of nitrogens with one attached hydrogen (secondary N) is 1. The normalized spacial score (nSPS) is 29.9. The Balaban J connectivity index is 2.12. The molecule has 0 unspecified atom stereocenters. The quantitative estimate of drug-likeness (QED) is 0.591. The van der Waals surface area contributed by atoms with Crippen molar-refractivity contribution in [3.63, 3.8) is 0 Å². The Morgan fingerprint density at radius 1 is 1.33 bits per heavy atom. The molecule has 2 aliphatic rings. The molecule has 0 saturated carbocycles. The fourth-order valence-corrected chi connectivity index (χ4v) is 4.87. The number of hydrogen-bond acceptors (Lipinski definition) is 6. The molecule has 3 rings (SSSR count). The van der Waals surface area contributed by atoms with Crippen LogP contribution in [-0.2, 0) is 19.1 Å². The molecule has 0 spiro atoms. The van der Waals surface area contributed by atoms with E-state index in [-0.39, 0.29) is 18.4 Å². The van der Waals surface area contributed by atoms with Crippen LogP contribution in [0.25, 0.3) is 0 Å². The smallest absolute Gasteiger partial charge is 0.327 e. The molecule has 2 aliphatic heterocycles. The van der Waals surface area contributed by atoms with Gasteiger partial charge in [-0.05, 0) is 37.8 Å². The lowest BCUT2D eigenvalue weighted by Crippen LogP contribution is -2.56. The second-order valence-electron chi connectivity index (χ2n) is 7.21.